The van der Waals surface area contributed by atoms with Gasteiger partial charge in [0.05, 0.1) is 35.4 Å². The molecule has 24 heavy (non-hydrogen) atoms. The lowest BCUT2D eigenvalue weighted by atomic mass is 10.1. The summed E-state index contributed by atoms with van der Waals surface area (Å²) in [6, 6.07) is 7.31. The number of amides is 1. The number of methoxy groups -OCH3 is 1. The van der Waals surface area contributed by atoms with Crippen molar-refractivity contribution < 1.29 is 17.9 Å². The van der Waals surface area contributed by atoms with E-state index in [9.17, 15) is 13.2 Å². The zero-order valence-electron chi connectivity index (χ0n) is 13.7. The minimum absolute atomic E-state index is 0.00670. The first-order valence-corrected chi connectivity index (χ1v) is 9.64. The lowest BCUT2D eigenvalue weighted by Gasteiger charge is -2.12. The van der Waals surface area contributed by atoms with Gasteiger partial charge in [-0.25, -0.2) is 8.42 Å². The van der Waals surface area contributed by atoms with Crippen LogP contribution in [0.25, 0.3) is 10.9 Å². The summed E-state index contributed by atoms with van der Waals surface area (Å²) in [4.78, 5) is 16.9. The second-order valence-corrected chi connectivity index (χ2v) is 8.39. The molecular formula is C17H20N2O4S. The van der Waals surface area contributed by atoms with Crippen LogP contribution in [0.15, 0.2) is 24.3 Å². The van der Waals surface area contributed by atoms with Gasteiger partial charge in [-0.05, 0) is 43.5 Å². The molecule has 0 unspecified atom stereocenters. The first-order chi connectivity index (χ1) is 11.4. The van der Waals surface area contributed by atoms with Gasteiger partial charge in [-0.2, -0.15) is 0 Å². The number of nitrogens with one attached hydrogen (secondary N) is 1. The van der Waals surface area contributed by atoms with Crippen LogP contribution in [0.3, 0.4) is 0 Å². The molecule has 1 aliphatic rings. The Morgan fingerprint density at radius 3 is 2.83 bits per heavy atom. The van der Waals surface area contributed by atoms with Crippen LogP contribution < -0.4 is 10.1 Å². The van der Waals surface area contributed by atoms with Crippen LogP contribution in [-0.2, 0) is 9.84 Å². The molecule has 0 aliphatic carbocycles. The first-order valence-electron chi connectivity index (χ1n) is 7.82. The number of sulfone groups is 1. The number of rotatable bonds is 4. The van der Waals surface area contributed by atoms with Crippen molar-refractivity contribution in [1.82, 2.24) is 10.3 Å². The Balaban J connectivity index is 1.77. The summed E-state index contributed by atoms with van der Waals surface area (Å²) in [5.41, 5.74) is 1.94. The number of hydrogen-bond acceptors (Lipinski definition) is 5. The number of carbonyl (C=O) groups is 1. The zero-order valence-corrected chi connectivity index (χ0v) is 14.5. The number of carbonyl (C=O) groups excluding carboxylic acids is 1. The largest absolute Gasteiger partial charge is 0.497 e. The molecule has 1 amide bonds. The smallest absolute Gasteiger partial charge is 0.253 e. The highest BCUT2D eigenvalue weighted by atomic mass is 32.2. The fourth-order valence-electron chi connectivity index (χ4n) is 2.97. The van der Waals surface area contributed by atoms with Crippen molar-refractivity contribution in [3.05, 3.63) is 35.5 Å². The molecule has 2 heterocycles. The molecule has 0 spiro atoms. The van der Waals surface area contributed by atoms with Crippen molar-refractivity contribution in [1.29, 1.82) is 0 Å². The van der Waals surface area contributed by atoms with E-state index in [2.05, 4.69) is 10.3 Å². The Morgan fingerprint density at radius 1 is 1.38 bits per heavy atom. The van der Waals surface area contributed by atoms with Gasteiger partial charge in [-0.15, -0.1) is 0 Å². The van der Waals surface area contributed by atoms with E-state index in [1.54, 1.807) is 20.1 Å². The van der Waals surface area contributed by atoms with E-state index in [1.807, 2.05) is 18.2 Å². The summed E-state index contributed by atoms with van der Waals surface area (Å²) in [7, 11) is -1.34. The molecule has 0 saturated carbocycles. The monoisotopic (exact) mass is 348 g/mol. The van der Waals surface area contributed by atoms with E-state index in [1.165, 1.54) is 0 Å². The molecule has 1 N–H and O–H groups in total. The molecule has 1 aromatic heterocycles. The van der Waals surface area contributed by atoms with Crippen molar-refractivity contribution in [3.63, 3.8) is 0 Å². The molecule has 1 atom stereocenters. The van der Waals surface area contributed by atoms with Crippen LogP contribution in [0, 0.1) is 12.8 Å². The predicted molar refractivity (Wildman–Crippen MR) is 92.1 cm³/mol. The van der Waals surface area contributed by atoms with Crippen molar-refractivity contribution in [2.45, 2.75) is 13.3 Å². The second-order valence-electron chi connectivity index (χ2n) is 6.16. The first kappa shape index (κ1) is 16.7. The van der Waals surface area contributed by atoms with Crippen LogP contribution in [-0.4, -0.2) is 44.5 Å². The molecule has 6 nitrogen and oxygen atoms in total. The Bertz CT molecular complexity index is 893. The van der Waals surface area contributed by atoms with E-state index in [0.29, 0.717) is 30.0 Å². The molecule has 0 radical (unpaired) electrons. The van der Waals surface area contributed by atoms with Crippen molar-refractivity contribution in [2.24, 2.45) is 5.92 Å². The number of fused-ring (bicyclic) bond motifs is 1. The number of aromatic nitrogens is 1. The number of pyridine rings is 1. The number of ether oxygens (including phenoxy) is 1. The van der Waals surface area contributed by atoms with Crippen LogP contribution in [0.1, 0.15) is 22.5 Å². The van der Waals surface area contributed by atoms with Gasteiger partial charge in [0.25, 0.3) is 5.91 Å². The number of hydrogen-bond donors (Lipinski definition) is 1. The highest BCUT2D eigenvalue weighted by Crippen LogP contribution is 2.22. The highest BCUT2D eigenvalue weighted by Gasteiger charge is 2.28. The van der Waals surface area contributed by atoms with Crippen LogP contribution in [0.2, 0.25) is 0 Å². The molecule has 2 aromatic rings. The maximum atomic E-state index is 12.4. The van der Waals surface area contributed by atoms with Gasteiger partial charge in [-0.1, -0.05) is 0 Å². The van der Waals surface area contributed by atoms with Gasteiger partial charge in [0.15, 0.2) is 9.84 Å². The van der Waals surface area contributed by atoms with Crippen LogP contribution in [0.4, 0.5) is 0 Å². The maximum absolute atomic E-state index is 12.4. The molecular weight excluding hydrogens is 328 g/mol. The number of nitrogens with zero attached hydrogens (tertiary/aromatic N) is 1. The molecule has 1 aliphatic heterocycles. The lowest BCUT2D eigenvalue weighted by molar-refractivity contribution is 0.0947. The van der Waals surface area contributed by atoms with Crippen LogP contribution in [0.5, 0.6) is 5.75 Å². The topological polar surface area (TPSA) is 85.4 Å². The average molecular weight is 348 g/mol. The SMILES string of the molecule is COc1ccc2nc(C)c(C(=O)NC[C@H]3CCS(=O)(=O)C3)cc2c1. The normalized spacial score (nSPS) is 19.3. The Hall–Kier alpha value is -2.15. The summed E-state index contributed by atoms with van der Waals surface area (Å²) in [5.74, 6) is 0.834. The maximum Gasteiger partial charge on any atom is 0.253 e. The van der Waals surface area contributed by atoms with E-state index in [4.69, 9.17) is 4.74 Å². The van der Waals surface area contributed by atoms with Crippen molar-refractivity contribution >= 4 is 26.6 Å². The third-order valence-electron chi connectivity index (χ3n) is 4.34. The number of benzene rings is 1. The summed E-state index contributed by atoms with van der Waals surface area (Å²) >= 11 is 0. The highest BCUT2D eigenvalue weighted by molar-refractivity contribution is 7.91. The van der Waals surface area contributed by atoms with Gasteiger partial charge < -0.3 is 10.1 Å². The summed E-state index contributed by atoms with van der Waals surface area (Å²) in [5, 5.41) is 3.67. The third kappa shape index (κ3) is 3.51. The molecule has 128 valence electrons. The predicted octanol–water partition coefficient (Wildman–Crippen LogP) is 1.72. The van der Waals surface area contributed by atoms with E-state index in [0.717, 1.165) is 10.9 Å². The Morgan fingerprint density at radius 2 is 2.17 bits per heavy atom. The zero-order chi connectivity index (χ0) is 17.3. The van der Waals surface area contributed by atoms with Crippen LogP contribution >= 0.6 is 0 Å². The standard InChI is InChI=1S/C17H20N2O4S/c1-11-15(8-13-7-14(23-2)3-4-16(13)19-11)17(20)18-9-12-5-6-24(21,22)10-12/h3-4,7-8,12H,5-6,9-10H2,1-2H3,(H,18,20)/t12-/m1/s1. The van der Waals surface area contributed by atoms with Gasteiger partial charge in [0, 0.05) is 11.9 Å². The fourth-order valence-corrected chi connectivity index (χ4v) is 4.83. The Kier molecular flexibility index (Phi) is 4.45. The average Bonchev–Trinajstić information content (AvgIpc) is 2.90. The molecule has 0 bridgehead atoms. The summed E-state index contributed by atoms with van der Waals surface area (Å²) in [6.45, 7) is 2.16. The van der Waals surface area contributed by atoms with Gasteiger partial charge in [-0.3, -0.25) is 9.78 Å². The van der Waals surface area contributed by atoms with Crippen molar-refractivity contribution in [3.8, 4) is 5.75 Å². The molecule has 1 saturated heterocycles. The van der Waals surface area contributed by atoms with E-state index >= 15 is 0 Å². The second kappa shape index (κ2) is 6.39. The lowest BCUT2D eigenvalue weighted by Crippen LogP contribution is -2.30. The molecule has 3 rings (SSSR count). The molecule has 1 aromatic carbocycles. The van der Waals surface area contributed by atoms with Gasteiger partial charge in [0.2, 0.25) is 0 Å². The summed E-state index contributed by atoms with van der Waals surface area (Å²) < 4.78 is 28.2. The number of aryl methyl sites for hydroxylation is 1. The fraction of sp³-hybridized carbons (Fsp3) is 0.412. The minimum atomic E-state index is -2.93. The Labute approximate surface area is 141 Å². The van der Waals surface area contributed by atoms with Crippen molar-refractivity contribution in [2.75, 3.05) is 25.2 Å². The quantitative estimate of drug-likeness (QED) is 0.909. The summed E-state index contributed by atoms with van der Waals surface area (Å²) in [6.07, 6.45) is 0.606. The van der Waals surface area contributed by atoms with E-state index < -0.39 is 9.84 Å². The third-order valence-corrected chi connectivity index (χ3v) is 6.17. The van der Waals surface area contributed by atoms with Gasteiger partial charge in [0.1, 0.15) is 5.75 Å². The van der Waals surface area contributed by atoms with Gasteiger partial charge >= 0.3 is 0 Å². The molecule has 1 fully saturated rings. The minimum Gasteiger partial charge on any atom is -0.497 e. The van der Waals surface area contributed by atoms with E-state index in [-0.39, 0.29) is 23.3 Å². The molecule has 7 heteroatoms.